The van der Waals surface area contributed by atoms with E-state index in [1.165, 1.54) is 0 Å². The fourth-order valence-corrected chi connectivity index (χ4v) is 6.06. The van der Waals surface area contributed by atoms with E-state index in [0.717, 1.165) is 30.4 Å². The molecule has 4 nitrogen and oxygen atoms in total. The lowest BCUT2D eigenvalue weighted by atomic mass is 9.80. The van der Waals surface area contributed by atoms with E-state index in [9.17, 15) is 13.7 Å². The van der Waals surface area contributed by atoms with Crippen LogP contribution in [0.5, 0.6) is 0 Å². The van der Waals surface area contributed by atoms with Crippen LogP contribution in [0.25, 0.3) is 0 Å². The van der Waals surface area contributed by atoms with Crippen LogP contribution in [0.4, 0.5) is 5.69 Å². The SMILES string of the molecule is Cc1ccc(S(=O)(=O)N2c3ccccc3C(C#N)C3CCCC32)cc1. The lowest BCUT2D eigenvalue weighted by Crippen LogP contribution is -2.47. The average Bonchev–Trinajstić information content (AvgIpc) is 3.08. The van der Waals surface area contributed by atoms with E-state index in [0.29, 0.717) is 10.6 Å². The Morgan fingerprint density at radius 3 is 2.52 bits per heavy atom. The average molecular weight is 352 g/mol. The number of sulfonamides is 1. The number of nitriles is 1. The molecular weight excluding hydrogens is 332 g/mol. The van der Waals surface area contributed by atoms with E-state index >= 15 is 0 Å². The van der Waals surface area contributed by atoms with Crippen molar-refractivity contribution < 1.29 is 8.42 Å². The summed E-state index contributed by atoms with van der Waals surface area (Å²) < 4.78 is 28.5. The zero-order valence-corrected chi connectivity index (χ0v) is 14.9. The number of hydrogen-bond acceptors (Lipinski definition) is 3. The van der Waals surface area contributed by atoms with Crippen LogP contribution in [0, 0.1) is 24.2 Å². The molecule has 0 saturated heterocycles. The zero-order valence-electron chi connectivity index (χ0n) is 14.1. The largest absolute Gasteiger partial charge is 0.264 e. The molecule has 0 amide bonds. The molecule has 2 aromatic rings. The first kappa shape index (κ1) is 16.2. The molecule has 3 unspecified atom stereocenters. The molecule has 4 rings (SSSR count). The highest BCUT2D eigenvalue weighted by Crippen LogP contribution is 2.50. The van der Waals surface area contributed by atoms with E-state index in [2.05, 4.69) is 6.07 Å². The van der Waals surface area contributed by atoms with Crippen LogP contribution < -0.4 is 4.31 Å². The summed E-state index contributed by atoms with van der Waals surface area (Å²) in [6.07, 6.45) is 2.67. The van der Waals surface area contributed by atoms with Gasteiger partial charge in [-0.3, -0.25) is 4.31 Å². The normalized spacial score (nSPS) is 25.1. The smallest absolute Gasteiger partial charge is 0.263 e. The molecule has 25 heavy (non-hydrogen) atoms. The van der Waals surface area contributed by atoms with Gasteiger partial charge in [0.25, 0.3) is 10.0 Å². The second kappa shape index (κ2) is 5.89. The molecule has 0 bridgehead atoms. The van der Waals surface area contributed by atoms with Gasteiger partial charge in [-0.1, -0.05) is 42.3 Å². The van der Waals surface area contributed by atoms with E-state index in [4.69, 9.17) is 0 Å². The minimum atomic E-state index is -3.65. The number of fused-ring (bicyclic) bond motifs is 2. The highest BCUT2D eigenvalue weighted by molar-refractivity contribution is 7.92. The van der Waals surface area contributed by atoms with Gasteiger partial charge in [0.05, 0.1) is 22.6 Å². The highest BCUT2D eigenvalue weighted by atomic mass is 32.2. The van der Waals surface area contributed by atoms with E-state index in [-0.39, 0.29) is 17.9 Å². The summed E-state index contributed by atoms with van der Waals surface area (Å²) in [7, 11) is -3.65. The van der Waals surface area contributed by atoms with Crippen molar-refractivity contribution in [1.29, 1.82) is 5.26 Å². The molecule has 1 fully saturated rings. The van der Waals surface area contributed by atoms with Gasteiger partial charge in [0.1, 0.15) is 0 Å². The van der Waals surface area contributed by atoms with Gasteiger partial charge in [-0.15, -0.1) is 0 Å². The predicted molar refractivity (Wildman–Crippen MR) is 96.8 cm³/mol. The Labute approximate surface area is 148 Å². The molecule has 2 aliphatic rings. The van der Waals surface area contributed by atoms with Crippen LogP contribution >= 0.6 is 0 Å². The zero-order chi connectivity index (χ0) is 17.6. The van der Waals surface area contributed by atoms with Crippen molar-refractivity contribution in [2.75, 3.05) is 4.31 Å². The molecule has 0 spiro atoms. The van der Waals surface area contributed by atoms with E-state index in [1.54, 1.807) is 16.4 Å². The van der Waals surface area contributed by atoms with Crippen molar-refractivity contribution in [2.45, 2.75) is 43.0 Å². The van der Waals surface area contributed by atoms with Crippen LogP contribution in [-0.2, 0) is 10.0 Å². The van der Waals surface area contributed by atoms with Gasteiger partial charge in [-0.25, -0.2) is 8.42 Å². The second-order valence-electron chi connectivity index (χ2n) is 6.94. The van der Waals surface area contributed by atoms with Crippen molar-refractivity contribution in [1.82, 2.24) is 0 Å². The maximum absolute atomic E-state index is 13.4. The third-order valence-electron chi connectivity index (χ3n) is 5.49. The topological polar surface area (TPSA) is 61.2 Å². The van der Waals surface area contributed by atoms with Gasteiger partial charge in [-0.2, -0.15) is 5.26 Å². The molecule has 128 valence electrons. The van der Waals surface area contributed by atoms with Crippen LogP contribution in [0.15, 0.2) is 53.4 Å². The summed E-state index contributed by atoms with van der Waals surface area (Å²) in [6.45, 7) is 1.94. The van der Waals surface area contributed by atoms with Crippen molar-refractivity contribution in [3.63, 3.8) is 0 Å². The fourth-order valence-electron chi connectivity index (χ4n) is 4.31. The molecule has 0 aromatic heterocycles. The number of aryl methyl sites for hydroxylation is 1. The summed E-state index contributed by atoms with van der Waals surface area (Å²) in [5.74, 6) is -0.159. The lowest BCUT2D eigenvalue weighted by molar-refractivity contribution is 0.422. The van der Waals surface area contributed by atoms with Crippen LogP contribution in [0.3, 0.4) is 0 Å². The van der Waals surface area contributed by atoms with Gasteiger partial charge in [0.15, 0.2) is 0 Å². The Hall–Kier alpha value is -2.32. The maximum atomic E-state index is 13.4. The lowest BCUT2D eigenvalue weighted by Gasteiger charge is -2.41. The molecule has 1 heterocycles. The molecule has 3 atom stereocenters. The number of hydrogen-bond donors (Lipinski definition) is 0. The maximum Gasteiger partial charge on any atom is 0.264 e. The van der Waals surface area contributed by atoms with E-state index in [1.807, 2.05) is 43.3 Å². The summed E-state index contributed by atoms with van der Waals surface area (Å²) in [4.78, 5) is 0.314. The molecule has 0 radical (unpaired) electrons. The Morgan fingerprint density at radius 1 is 1.08 bits per heavy atom. The molecule has 5 heteroatoms. The summed E-state index contributed by atoms with van der Waals surface area (Å²) in [5.41, 5.74) is 2.53. The van der Waals surface area contributed by atoms with Crippen LogP contribution in [-0.4, -0.2) is 14.5 Å². The van der Waals surface area contributed by atoms with Crippen molar-refractivity contribution in [3.05, 3.63) is 59.7 Å². The Kier molecular flexibility index (Phi) is 3.81. The minimum absolute atomic E-state index is 0.0696. The Morgan fingerprint density at radius 2 is 1.80 bits per heavy atom. The van der Waals surface area contributed by atoms with Crippen LogP contribution in [0.2, 0.25) is 0 Å². The first-order valence-electron chi connectivity index (χ1n) is 8.63. The molecular formula is C20H20N2O2S. The standard InChI is InChI=1S/C20H20N2O2S/c1-14-9-11-15(12-10-14)25(23,24)22-19-7-3-2-5-16(19)18(13-21)17-6-4-8-20(17)22/h2-3,5,7,9-12,17-18,20H,4,6,8H2,1H3. The molecule has 1 aliphatic carbocycles. The second-order valence-corrected chi connectivity index (χ2v) is 8.76. The van der Waals surface area contributed by atoms with Crippen LogP contribution in [0.1, 0.15) is 36.3 Å². The summed E-state index contributed by atoms with van der Waals surface area (Å²) >= 11 is 0. The number of benzene rings is 2. The first-order chi connectivity index (χ1) is 12.0. The van der Waals surface area contributed by atoms with Gasteiger partial charge in [0.2, 0.25) is 0 Å². The first-order valence-corrected chi connectivity index (χ1v) is 10.1. The summed E-state index contributed by atoms with van der Waals surface area (Å²) in [6, 6.07) is 16.8. The molecule has 0 N–H and O–H groups in total. The third-order valence-corrected chi connectivity index (χ3v) is 7.34. The van der Waals surface area contributed by atoms with Gasteiger partial charge >= 0.3 is 0 Å². The fraction of sp³-hybridized carbons (Fsp3) is 0.350. The van der Waals surface area contributed by atoms with Crippen molar-refractivity contribution in [2.24, 2.45) is 5.92 Å². The Bertz CT molecular complexity index is 944. The minimum Gasteiger partial charge on any atom is -0.263 e. The van der Waals surface area contributed by atoms with E-state index < -0.39 is 10.0 Å². The molecule has 1 saturated carbocycles. The quantitative estimate of drug-likeness (QED) is 0.821. The number of rotatable bonds is 2. The van der Waals surface area contributed by atoms with Crippen molar-refractivity contribution >= 4 is 15.7 Å². The third kappa shape index (κ3) is 2.44. The Balaban J connectivity index is 1.91. The van der Waals surface area contributed by atoms with Gasteiger partial charge in [0, 0.05) is 12.0 Å². The highest BCUT2D eigenvalue weighted by Gasteiger charge is 2.48. The molecule has 1 aliphatic heterocycles. The number of para-hydroxylation sites is 1. The predicted octanol–water partition coefficient (Wildman–Crippen LogP) is 3.98. The summed E-state index contributed by atoms with van der Waals surface area (Å²) in [5, 5.41) is 9.70. The monoisotopic (exact) mass is 352 g/mol. The number of nitrogens with zero attached hydrogens (tertiary/aromatic N) is 2. The molecule has 2 aromatic carbocycles. The van der Waals surface area contributed by atoms with Gasteiger partial charge < -0.3 is 0 Å². The van der Waals surface area contributed by atoms with Crippen molar-refractivity contribution in [3.8, 4) is 6.07 Å². The number of anilines is 1. The van der Waals surface area contributed by atoms with Gasteiger partial charge in [-0.05, 0) is 43.5 Å².